The molecule has 1 aromatic heterocycles. The van der Waals surface area contributed by atoms with Crippen LogP contribution in [0.25, 0.3) is 0 Å². The van der Waals surface area contributed by atoms with Crippen LogP contribution >= 0.6 is 12.2 Å². The van der Waals surface area contributed by atoms with Crippen LogP contribution in [0.1, 0.15) is 31.0 Å². The van der Waals surface area contributed by atoms with Crippen LogP contribution in [0, 0.1) is 12.8 Å². The minimum absolute atomic E-state index is 0.0413. The monoisotopic (exact) mass is 343 g/mol. The van der Waals surface area contributed by atoms with E-state index in [4.69, 9.17) is 18.0 Å². The molecular formula is C18H21N3O2S. The minimum atomic E-state index is -0.590. The molecule has 6 heteroatoms. The van der Waals surface area contributed by atoms with Gasteiger partial charge in [0.15, 0.2) is 0 Å². The first-order valence-corrected chi connectivity index (χ1v) is 8.10. The van der Waals surface area contributed by atoms with Gasteiger partial charge in [-0.2, -0.15) is 0 Å². The third kappa shape index (κ3) is 4.08. The Hall–Kier alpha value is -2.47. The number of benzene rings is 1. The second-order valence-corrected chi connectivity index (χ2v) is 6.51. The van der Waals surface area contributed by atoms with Crippen molar-refractivity contribution in [3.63, 3.8) is 0 Å². The van der Waals surface area contributed by atoms with Gasteiger partial charge >= 0.3 is 0 Å². The van der Waals surface area contributed by atoms with Crippen molar-refractivity contribution in [2.24, 2.45) is 11.7 Å². The number of thiocarbonyl (C=S) groups is 1. The van der Waals surface area contributed by atoms with Gasteiger partial charge in [-0.25, -0.2) is 0 Å². The standard InChI is InChI=1S/C18H21N3O2S/c1-11(2)16(21-10-12(3)4-9-15(21)22)18(23)20-14-7-5-13(6-8-14)17(19)24/h4-11,16H,1-3H3,(H2,19,24)(H,20,23). The summed E-state index contributed by atoms with van der Waals surface area (Å²) in [4.78, 5) is 25.2. The lowest BCUT2D eigenvalue weighted by Gasteiger charge is -2.23. The highest BCUT2D eigenvalue weighted by Gasteiger charge is 2.25. The van der Waals surface area contributed by atoms with Crippen molar-refractivity contribution < 1.29 is 4.79 Å². The van der Waals surface area contributed by atoms with E-state index in [1.54, 1.807) is 36.5 Å². The maximum absolute atomic E-state index is 12.7. The molecule has 0 aliphatic carbocycles. The lowest BCUT2D eigenvalue weighted by Crippen LogP contribution is -2.36. The molecule has 0 saturated heterocycles. The Bertz CT molecular complexity index is 810. The lowest BCUT2D eigenvalue weighted by atomic mass is 10.0. The Kier molecular flexibility index (Phi) is 5.51. The third-order valence-electron chi connectivity index (χ3n) is 3.72. The fraction of sp³-hybridized carbons (Fsp3) is 0.278. The van der Waals surface area contributed by atoms with Crippen molar-refractivity contribution >= 4 is 28.8 Å². The summed E-state index contributed by atoms with van der Waals surface area (Å²) in [5, 5.41) is 2.85. The van der Waals surface area contributed by atoms with Gasteiger partial charge < -0.3 is 15.6 Å². The number of anilines is 1. The smallest absolute Gasteiger partial charge is 0.251 e. The Morgan fingerprint density at radius 2 is 1.79 bits per heavy atom. The van der Waals surface area contributed by atoms with E-state index in [9.17, 15) is 9.59 Å². The molecule has 0 saturated carbocycles. The fourth-order valence-electron chi connectivity index (χ4n) is 2.52. The predicted octanol–water partition coefficient (Wildman–Crippen LogP) is 2.63. The van der Waals surface area contributed by atoms with Crippen LogP contribution in [0.4, 0.5) is 5.69 Å². The summed E-state index contributed by atoms with van der Waals surface area (Å²) in [6, 6.07) is 9.61. The van der Waals surface area contributed by atoms with Crippen molar-refractivity contribution in [3.05, 3.63) is 64.1 Å². The van der Waals surface area contributed by atoms with Crippen LogP contribution in [0.2, 0.25) is 0 Å². The normalized spacial score (nSPS) is 12.0. The minimum Gasteiger partial charge on any atom is -0.389 e. The van der Waals surface area contributed by atoms with Crippen LogP contribution in [0.3, 0.4) is 0 Å². The zero-order valence-electron chi connectivity index (χ0n) is 13.9. The van der Waals surface area contributed by atoms with Gasteiger partial charge in [-0.3, -0.25) is 9.59 Å². The quantitative estimate of drug-likeness (QED) is 0.818. The number of hydrogen-bond acceptors (Lipinski definition) is 3. The second kappa shape index (κ2) is 7.40. The van der Waals surface area contributed by atoms with Gasteiger partial charge in [0.25, 0.3) is 5.56 Å². The largest absolute Gasteiger partial charge is 0.389 e. The first kappa shape index (κ1) is 17.9. The molecule has 5 nitrogen and oxygen atoms in total. The molecule has 3 N–H and O–H groups in total. The molecule has 24 heavy (non-hydrogen) atoms. The Balaban J connectivity index is 2.28. The Morgan fingerprint density at radius 1 is 1.17 bits per heavy atom. The highest BCUT2D eigenvalue weighted by atomic mass is 32.1. The van der Waals surface area contributed by atoms with Crippen molar-refractivity contribution in [3.8, 4) is 0 Å². The maximum atomic E-state index is 12.7. The lowest BCUT2D eigenvalue weighted by molar-refractivity contribution is -0.120. The summed E-state index contributed by atoms with van der Waals surface area (Å²) in [6.07, 6.45) is 1.71. The topological polar surface area (TPSA) is 77.1 Å². The molecule has 0 fully saturated rings. The van der Waals surface area contributed by atoms with Gasteiger partial charge in [0, 0.05) is 23.5 Å². The third-order valence-corrected chi connectivity index (χ3v) is 3.96. The van der Waals surface area contributed by atoms with E-state index in [0.29, 0.717) is 10.7 Å². The fourth-order valence-corrected chi connectivity index (χ4v) is 2.65. The van der Waals surface area contributed by atoms with Crippen LogP contribution in [-0.2, 0) is 4.79 Å². The first-order chi connectivity index (χ1) is 11.3. The molecule has 0 aliphatic rings. The number of nitrogens with one attached hydrogen (secondary N) is 1. The van der Waals surface area contributed by atoms with Gasteiger partial charge in [-0.1, -0.05) is 32.1 Å². The van der Waals surface area contributed by atoms with Crippen molar-refractivity contribution in [2.45, 2.75) is 26.8 Å². The van der Waals surface area contributed by atoms with Crippen molar-refractivity contribution in [1.29, 1.82) is 0 Å². The number of rotatable bonds is 5. The van der Waals surface area contributed by atoms with E-state index in [0.717, 1.165) is 11.1 Å². The van der Waals surface area contributed by atoms with E-state index in [1.807, 2.05) is 20.8 Å². The summed E-state index contributed by atoms with van der Waals surface area (Å²) in [5.74, 6) is -0.277. The van der Waals surface area contributed by atoms with E-state index in [2.05, 4.69) is 5.32 Å². The number of nitrogens with zero attached hydrogens (tertiary/aromatic N) is 1. The number of hydrogen-bond donors (Lipinski definition) is 2. The summed E-state index contributed by atoms with van der Waals surface area (Å²) in [7, 11) is 0. The SMILES string of the molecule is Cc1ccc(=O)n(C(C(=O)Nc2ccc(C(N)=S)cc2)C(C)C)c1. The molecule has 1 unspecified atom stereocenters. The maximum Gasteiger partial charge on any atom is 0.251 e. The summed E-state index contributed by atoms with van der Waals surface area (Å²) in [5.41, 5.74) is 7.66. The molecule has 0 radical (unpaired) electrons. The van der Waals surface area contributed by atoms with Gasteiger partial charge in [0.1, 0.15) is 11.0 Å². The Labute approximate surface area is 146 Å². The summed E-state index contributed by atoms with van der Waals surface area (Å²) in [6.45, 7) is 5.71. The molecule has 1 aromatic carbocycles. The Morgan fingerprint density at radius 3 is 2.33 bits per heavy atom. The second-order valence-electron chi connectivity index (χ2n) is 6.07. The van der Waals surface area contributed by atoms with Gasteiger partial charge in [0.2, 0.25) is 5.91 Å². The zero-order chi connectivity index (χ0) is 17.9. The van der Waals surface area contributed by atoms with Crippen molar-refractivity contribution in [2.75, 3.05) is 5.32 Å². The predicted molar refractivity (Wildman–Crippen MR) is 100 cm³/mol. The van der Waals surface area contributed by atoms with E-state index in [1.165, 1.54) is 10.6 Å². The number of carbonyl (C=O) groups is 1. The average molecular weight is 343 g/mol. The van der Waals surface area contributed by atoms with Gasteiger partial charge in [-0.05, 0) is 42.7 Å². The highest BCUT2D eigenvalue weighted by molar-refractivity contribution is 7.80. The molecule has 1 heterocycles. The van der Waals surface area contributed by atoms with Crippen LogP contribution in [0.5, 0.6) is 0 Å². The van der Waals surface area contributed by atoms with Crippen LogP contribution in [0.15, 0.2) is 47.4 Å². The number of aromatic nitrogens is 1. The van der Waals surface area contributed by atoms with Crippen LogP contribution in [-0.4, -0.2) is 15.5 Å². The average Bonchev–Trinajstić information content (AvgIpc) is 2.51. The number of pyridine rings is 1. The summed E-state index contributed by atoms with van der Waals surface area (Å²) < 4.78 is 1.48. The first-order valence-electron chi connectivity index (χ1n) is 7.69. The van der Waals surface area contributed by atoms with Crippen molar-refractivity contribution in [1.82, 2.24) is 4.57 Å². The summed E-state index contributed by atoms with van der Waals surface area (Å²) >= 11 is 4.91. The van der Waals surface area contributed by atoms with Gasteiger partial charge in [-0.15, -0.1) is 0 Å². The molecule has 1 atom stereocenters. The number of nitrogens with two attached hydrogens (primary N) is 1. The molecular weight excluding hydrogens is 322 g/mol. The van der Waals surface area contributed by atoms with E-state index < -0.39 is 6.04 Å². The van der Waals surface area contributed by atoms with Gasteiger partial charge in [0.05, 0.1) is 0 Å². The number of amides is 1. The molecule has 1 amide bonds. The highest BCUT2D eigenvalue weighted by Crippen LogP contribution is 2.19. The van der Waals surface area contributed by atoms with E-state index >= 15 is 0 Å². The molecule has 0 aliphatic heterocycles. The molecule has 2 aromatic rings. The van der Waals surface area contributed by atoms with Crippen LogP contribution < -0.4 is 16.6 Å². The molecule has 0 bridgehead atoms. The van der Waals surface area contributed by atoms with E-state index in [-0.39, 0.29) is 17.4 Å². The number of aryl methyl sites for hydroxylation is 1. The zero-order valence-corrected chi connectivity index (χ0v) is 14.8. The number of carbonyl (C=O) groups excluding carboxylic acids is 1. The molecule has 126 valence electrons. The molecule has 0 spiro atoms. The molecule has 2 rings (SSSR count).